The SMILES string of the molecule is CCCOc1cc(C)ccc1CNC(=NC)NC1C2CCOC2C12CCC2. The van der Waals surface area contributed by atoms with Crippen LogP contribution in [0.5, 0.6) is 5.75 Å². The minimum Gasteiger partial charge on any atom is -0.493 e. The van der Waals surface area contributed by atoms with Crippen molar-refractivity contribution in [1.29, 1.82) is 0 Å². The minimum atomic E-state index is 0.359. The van der Waals surface area contributed by atoms with Crippen molar-refractivity contribution in [3.63, 3.8) is 0 Å². The van der Waals surface area contributed by atoms with Gasteiger partial charge in [0.25, 0.3) is 0 Å². The maximum Gasteiger partial charge on any atom is 0.191 e. The van der Waals surface area contributed by atoms with E-state index in [-0.39, 0.29) is 0 Å². The summed E-state index contributed by atoms with van der Waals surface area (Å²) in [6.07, 6.45) is 6.57. The number of hydrogen-bond acceptors (Lipinski definition) is 3. The molecular weight excluding hydrogens is 338 g/mol. The highest BCUT2D eigenvalue weighted by atomic mass is 16.5. The molecule has 1 spiro atoms. The molecule has 5 nitrogen and oxygen atoms in total. The number of fused-ring (bicyclic) bond motifs is 2. The lowest BCUT2D eigenvalue weighted by Crippen LogP contribution is -2.72. The van der Waals surface area contributed by atoms with Crippen molar-refractivity contribution < 1.29 is 9.47 Å². The summed E-state index contributed by atoms with van der Waals surface area (Å²) < 4.78 is 12.0. The van der Waals surface area contributed by atoms with E-state index >= 15 is 0 Å². The van der Waals surface area contributed by atoms with Gasteiger partial charge in [0.05, 0.1) is 12.7 Å². The molecule has 1 saturated heterocycles. The molecule has 1 aliphatic heterocycles. The molecule has 1 aromatic rings. The number of nitrogens with one attached hydrogen (secondary N) is 2. The van der Waals surface area contributed by atoms with E-state index < -0.39 is 0 Å². The predicted molar refractivity (Wildman–Crippen MR) is 108 cm³/mol. The molecule has 1 aromatic carbocycles. The molecule has 3 fully saturated rings. The second-order valence-corrected chi connectivity index (χ2v) is 8.34. The molecule has 4 rings (SSSR count). The summed E-state index contributed by atoms with van der Waals surface area (Å²) in [4.78, 5) is 4.49. The smallest absolute Gasteiger partial charge is 0.191 e. The van der Waals surface area contributed by atoms with Gasteiger partial charge in [-0.25, -0.2) is 0 Å². The maximum absolute atomic E-state index is 6.03. The highest BCUT2D eigenvalue weighted by Gasteiger charge is 2.66. The van der Waals surface area contributed by atoms with Crippen LogP contribution in [0.1, 0.15) is 50.2 Å². The molecular formula is C22H33N3O2. The number of ether oxygens (including phenoxy) is 2. The molecule has 5 heteroatoms. The van der Waals surface area contributed by atoms with Crippen LogP contribution in [0.2, 0.25) is 0 Å². The Balaban J connectivity index is 1.39. The predicted octanol–water partition coefficient (Wildman–Crippen LogP) is 3.41. The lowest BCUT2D eigenvalue weighted by molar-refractivity contribution is -0.171. The molecule has 1 heterocycles. The van der Waals surface area contributed by atoms with Gasteiger partial charge in [0.1, 0.15) is 5.75 Å². The fourth-order valence-corrected chi connectivity index (χ4v) is 5.13. The summed E-state index contributed by atoms with van der Waals surface area (Å²) in [5, 5.41) is 7.23. The molecule has 0 radical (unpaired) electrons. The van der Waals surface area contributed by atoms with Gasteiger partial charge in [-0.15, -0.1) is 0 Å². The summed E-state index contributed by atoms with van der Waals surface area (Å²) in [7, 11) is 1.85. The molecule has 2 aliphatic carbocycles. The zero-order chi connectivity index (χ0) is 18.9. The van der Waals surface area contributed by atoms with Crippen LogP contribution in [0.15, 0.2) is 23.2 Å². The highest BCUT2D eigenvalue weighted by Crippen LogP contribution is 2.62. The fourth-order valence-electron chi connectivity index (χ4n) is 5.13. The summed E-state index contributed by atoms with van der Waals surface area (Å²) >= 11 is 0. The molecule has 0 amide bonds. The van der Waals surface area contributed by atoms with E-state index in [2.05, 4.69) is 47.7 Å². The van der Waals surface area contributed by atoms with Crippen molar-refractivity contribution in [3.05, 3.63) is 29.3 Å². The molecule has 0 aromatic heterocycles. The number of nitrogens with zero attached hydrogens (tertiary/aromatic N) is 1. The van der Waals surface area contributed by atoms with Gasteiger partial charge in [0, 0.05) is 43.1 Å². The molecule has 148 valence electrons. The van der Waals surface area contributed by atoms with E-state index in [0.29, 0.717) is 30.0 Å². The molecule has 3 unspecified atom stereocenters. The second kappa shape index (κ2) is 7.70. The zero-order valence-corrected chi connectivity index (χ0v) is 16.9. The van der Waals surface area contributed by atoms with E-state index in [1.807, 2.05) is 7.05 Å². The van der Waals surface area contributed by atoms with Crippen LogP contribution in [0.3, 0.4) is 0 Å². The number of rotatable bonds is 6. The average molecular weight is 372 g/mol. The van der Waals surface area contributed by atoms with Gasteiger partial charge in [-0.05, 0) is 44.2 Å². The van der Waals surface area contributed by atoms with Crippen molar-refractivity contribution in [2.24, 2.45) is 16.3 Å². The van der Waals surface area contributed by atoms with Crippen molar-refractivity contribution >= 4 is 5.96 Å². The Morgan fingerprint density at radius 2 is 2.22 bits per heavy atom. The van der Waals surface area contributed by atoms with Gasteiger partial charge in [-0.3, -0.25) is 4.99 Å². The van der Waals surface area contributed by atoms with E-state index in [1.54, 1.807) is 0 Å². The average Bonchev–Trinajstić information content (AvgIpc) is 3.05. The monoisotopic (exact) mass is 371 g/mol. The van der Waals surface area contributed by atoms with Gasteiger partial charge in [-0.1, -0.05) is 25.5 Å². The number of hydrogen-bond donors (Lipinski definition) is 2. The minimum absolute atomic E-state index is 0.359. The van der Waals surface area contributed by atoms with Gasteiger partial charge >= 0.3 is 0 Å². The van der Waals surface area contributed by atoms with Gasteiger partial charge in [0.15, 0.2) is 5.96 Å². The molecule has 0 bridgehead atoms. The van der Waals surface area contributed by atoms with Crippen LogP contribution in [-0.2, 0) is 11.3 Å². The quantitative estimate of drug-likeness (QED) is 0.594. The summed E-state index contributed by atoms with van der Waals surface area (Å²) in [6.45, 7) is 6.61. The Labute approximate surface area is 162 Å². The van der Waals surface area contributed by atoms with Crippen molar-refractivity contribution in [2.75, 3.05) is 20.3 Å². The van der Waals surface area contributed by atoms with Crippen molar-refractivity contribution in [3.8, 4) is 5.75 Å². The Morgan fingerprint density at radius 1 is 1.37 bits per heavy atom. The first-order chi connectivity index (χ1) is 13.2. The van der Waals surface area contributed by atoms with Crippen LogP contribution in [0.4, 0.5) is 0 Å². The first-order valence-electron chi connectivity index (χ1n) is 10.5. The number of benzene rings is 1. The third-order valence-corrected chi connectivity index (χ3v) is 6.68. The standard InChI is InChI=1S/C22H33N3O2/c1-4-11-26-18-13-15(2)6-7-16(18)14-24-21(23-3)25-19-17-8-12-27-20(17)22(19)9-5-10-22/h6-7,13,17,19-20H,4-5,8-12,14H2,1-3H3,(H2,23,24,25). The van der Waals surface area contributed by atoms with E-state index in [9.17, 15) is 0 Å². The molecule has 27 heavy (non-hydrogen) atoms. The lowest BCUT2D eigenvalue weighted by Gasteiger charge is -2.63. The Morgan fingerprint density at radius 3 is 2.93 bits per heavy atom. The topological polar surface area (TPSA) is 54.9 Å². The van der Waals surface area contributed by atoms with Crippen LogP contribution >= 0.6 is 0 Å². The zero-order valence-electron chi connectivity index (χ0n) is 16.9. The third kappa shape index (κ3) is 3.31. The number of guanidine groups is 1. The van der Waals surface area contributed by atoms with Crippen molar-refractivity contribution in [2.45, 2.75) is 64.6 Å². The van der Waals surface area contributed by atoms with Gasteiger partial charge < -0.3 is 20.1 Å². The van der Waals surface area contributed by atoms with Crippen LogP contribution in [0, 0.1) is 18.3 Å². The summed E-state index contributed by atoms with van der Waals surface area (Å²) in [5.74, 6) is 2.51. The van der Waals surface area contributed by atoms with Gasteiger partial charge in [0.2, 0.25) is 0 Å². The largest absolute Gasteiger partial charge is 0.493 e. The molecule has 3 aliphatic rings. The summed E-state index contributed by atoms with van der Waals surface area (Å²) in [5.41, 5.74) is 2.75. The number of aryl methyl sites for hydroxylation is 1. The Hall–Kier alpha value is -1.75. The number of aliphatic imine (C=N–C) groups is 1. The molecule has 3 atom stereocenters. The van der Waals surface area contributed by atoms with Crippen molar-refractivity contribution in [1.82, 2.24) is 10.6 Å². The summed E-state index contributed by atoms with van der Waals surface area (Å²) in [6, 6.07) is 6.91. The van der Waals surface area contributed by atoms with E-state index in [4.69, 9.17) is 9.47 Å². The van der Waals surface area contributed by atoms with Gasteiger partial charge in [-0.2, -0.15) is 0 Å². The van der Waals surface area contributed by atoms with Crippen LogP contribution in [0.25, 0.3) is 0 Å². The second-order valence-electron chi connectivity index (χ2n) is 8.34. The van der Waals surface area contributed by atoms with E-state index in [1.165, 1.54) is 36.8 Å². The maximum atomic E-state index is 6.03. The highest BCUT2D eigenvalue weighted by molar-refractivity contribution is 5.80. The van der Waals surface area contributed by atoms with Crippen LogP contribution < -0.4 is 15.4 Å². The normalized spacial score (nSPS) is 28.3. The Kier molecular flexibility index (Phi) is 5.31. The third-order valence-electron chi connectivity index (χ3n) is 6.68. The first-order valence-corrected chi connectivity index (χ1v) is 10.5. The lowest BCUT2D eigenvalue weighted by atomic mass is 9.46. The van der Waals surface area contributed by atoms with E-state index in [0.717, 1.165) is 31.3 Å². The first kappa shape index (κ1) is 18.6. The fraction of sp³-hybridized carbons (Fsp3) is 0.682. The molecule has 2 saturated carbocycles. The van der Waals surface area contributed by atoms with Crippen LogP contribution in [-0.4, -0.2) is 38.4 Å². The molecule has 2 N–H and O–H groups in total. The Bertz CT molecular complexity index is 699.